The summed E-state index contributed by atoms with van der Waals surface area (Å²) >= 11 is 0. The van der Waals surface area contributed by atoms with Crippen LogP contribution in [0.2, 0.25) is 5.04 Å². The van der Waals surface area contributed by atoms with E-state index in [9.17, 15) is 0 Å². The van der Waals surface area contributed by atoms with Crippen molar-refractivity contribution in [2.24, 2.45) is 5.92 Å². The van der Waals surface area contributed by atoms with Gasteiger partial charge in [0.05, 0.1) is 0 Å². The molecule has 80 valence electrons. The Morgan fingerprint density at radius 2 is 1.77 bits per heavy atom. The Morgan fingerprint density at radius 3 is 1.85 bits per heavy atom. The predicted octanol–water partition coefficient (Wildman–Crippen LogP) is 1.96. The second kappa shape index (κ2) is 4.60. The lowest BCUT2D eigenvalue weighted by molar-refractivity contribution is 0.173. The molecule has 13 heavy (non-hydrogen) atoms. The van der Waals surface area contributed by atoms with Crippen molar-refractivity contribution < 1.29 is 0 Å². The van der Waals surface area contributed by atoms with E-state index in [1.807, 2.05) is 0 Å². The van der Waals surface area contributed by atoms with Crippen LogP contribution in [0.1, 0.15) is 47.5 Å². The molecule has 0 aromatic rings. The van der Waals surface area contributed by atoms with E-state index < -0.39 is 0 Å². The summed E-state index contributed by atoms with van der Waals surface area (Å²) in [6.45, 7) is 11.7. The van der Waals surface area contributed by atoms with Gasteiger partial charge in [0.1, 0.15) is 0 Å². The van der Waals surface area contributed by atoms with Gasteiger partial charge in [-0.3, -0.25) is 0 Å². The van der Waals surface area contributed by atoms with Crippen LogP contribution in [0.25, 0.3) is 0 Å². The minimum Gasteiger partial charge on any atom is -0.314 e. The van der Waals surface area contributed by atoms with Crippen molar-refractivity contribution in [3.8, 4) is 0 Å². The zero-order valence-electron chi connectivity index (χ0n) is 10.5. The fourth-order valence-electron chi connectivity index (χ4n) is 2.71. The van der Waals surface area contributed by atoms with Crippen LogP contribution in [0.3, 0.4) is 0 Å². The molecule has 0 aliphatic rings. The molecule has 0 rings (SSSR count). The molecule has 0 heterocycles. The van der Waals surface area contributed by atoms with E-state index in [-0.39, 0.29) is 0 Å². The Balaban J connectivity index is 4.87. The highest BCUT2D eigenvalue weighted by molar-refractivity contribution is 6.15. The summed E-state index contributed by atoms with van der Waals surface area (Å²) in [4.78, 5) is 0. The number of hydrogen-bond donors (Lipinski definition) is 1. The molecule has 0 amide bonds. The average molecular weight is 201 g/mol. The maximum Gasteiger partial charge on any atom is 0.0219 e. The predicted molar refractivity (Wildman–Crippen MR) is 65.5 cm³/mol. The number of hydrogen-bond acceptors (Lipinski definition) is 1. The average Bonchev–Trinajstić information content (AvgIpc) is 1.96. The first-order chi connectivity index (χ1) is 5.81. The standard InChI is InChI=1S/C11H27NSi/c1-7-8-11(12-6,9(2)3)10(4,5)13/h9,12H,7-8H2,1-6,13H3. The zero-order valence-corrected chi connectivity index (χ0v) is 12.5. The van der Waals surface area contributed by atoms with Gasteiger partial charge in [-0.25, -0.2) is 0 Å². The summed E-state index contributed by atoms with van der Waals surface area (Å²) in [7, 11) is 3.36. The molecule has 0 aromatic carbocycles. The van der Waals surface area contributed by atoms with E-state index in [0.717, 1.165) is 0 Å². The van der Waals surface area contributed by atoms with Gasteiger partial charge in [0.2, 0.25) is 0 Å². The highest BCUT2D eigenvalue weighted by atomic mass is 28.1. The quantitative estimate of drug-likeness (QED) is 0.671. The van der Waals surface area contributed by atoms with Gasteiger partial charge in [0.25, 0.3) is 0 Å². The molecule has 0 saturated heterocycles. The first-order valence-corrected chi connectivity index (χ1v) is 6.50. The van der Waals surface area contributed by atoms with Crippen molar-refractivity contribution in [1.82, 2.24) is 5.32 Å². The topological polar surface area (TPSA) is 12.0 Å². The first-order valence-electron chi connectivity index (χ1n) is 5.50. The first kappa shape index (κ1) is 13.2. The van der Waals surface area contributed by atoms with Gasteiger partial charge in [0.15, 0.2) is 0 Å². The smallest absolute Gasteiger partial charge is 0.0219 e. The normalized spacial score (nSPS) is 17.8. The molecule has 1 N–H and O–H groups in total. The third kappa shape index (κ3) is 2.56. The molecule has 0 aliphatic carbocycles. The molecule has 2 heteroatoms. The molecule has 0 bridgehead atoms. The minimum absolute atomic E-state index is 0.341. The van der Waals surface area contributed by atoms with E-state index in [4.69, 9.17) is 0 Å². The Labute approximate surface area is 87.1 Å². The summed E-state index contributed by atoms with van der Waals surface area (Å²) in [5.41, 5.74) is 0.341. The van der Waals surface area contributed by atoms with Crippen LogP contribution in [-0.4, -0.2) is 22.8 Å². The van der Waals surface area contributed by atoms with E-state index in [2.05, 4.69) is 47.0 Å². The van der Waals surface area contributed by atoms with Crippen molar-refractivity contribution in [3.05, 3.63) is 0 Å². The third-order valence-electron chi connectivity index (χ3n) is 3.41. The molecule has 0 aromatic heterocycles. The summed E-state index contributed by atoms with van der Waals surface area (Å²) < 4.78 is 0. The fourth-order valence-corrected chi connectivity index (χ4v) is 3.79. The summed E-state index contributed by atoms with van der Waals surface area (Å²) in [6.07, 6.45) is 2.56. The Bertz CT molecular complexity index is 149. The Hall–Kier alpha value is 0.177. The van der Waals surface area contributed by atoms with Crippen LogP contribution in [0.5, 0.6) is 0 Å². The van der Waals surface area contributed by atoms with Crippen LogP contribution in [0.4, 0.5) is 0 Å². The Kier molecular flexibility index (Phi) is 4.67. The SMILES string of the molecule is CCCC(NC)(C(C)C)C(C)(C)[SiH3]. The molecule has 0 radical (unpaired) electrons. The monoisotopic (exact) mass is 201 g/mol. The molecule has 0 aliphatic heterocycles. The van der Waals surface area contributed by atoms with Crippen molar-refractivity contribution in [2.75, 3.05) is 7.05 Å². The maximum atomic E-state index is 3.59. The maximum absolute atomic E-state index is 3.59. The van der Waals surface area contributed by atoms with E-state index in [1.54, 1.807) is 0 Å². The largest absolute Gasteiger partial charge is 0.314 e. The van der Waals surface area contributed by atoms with E-state index >= 15 is 0 Å². The summed E-state index contributed by atoms with van der Waals surface area (Å²) in [5.74, 6) is 0.713. The van der Waals surface area contributed by atoms with Crippen LogP contribution < -0.4 is 5.32 Å². The molecule has 1 nitrogen and oxygen atoms in total. The van der Waals surface area contributed by atoms with Gasteiger partial charge in [-0.15, -0.1) is 0 Å². The van der Waals surface area contributed by atoms with Crippen molar-refractivity contribution in [3.63, 3.8) is 0 Å². The van der Waals surface area contributed by atoms with Gasteiger partial charge in [-0.1, -0.05) is 41.0 Å². The molecule has 1 atom stereocenters. The van der Waals surface area contributed by atoms with Crippen LogP contribution >= 0.6 is 0 Å². The van der Waals surface area contributed by atoms with Crippen LogP contribution in [-0.2, 0) is 0 Å². The van der Waals surface area contributed by atoms with Crippen molar-refractivity contribution in [2.45, 2.75) is 58.0 Å². The lowest BCUT2D eigenvalue weighted by Gasteiger charge is -2.48. The van der Waals surface area contributed by atoms with Crippen LogP contribution in [0.15, 0.2) is 0 Å². The van der Waals surface area contributed by atoms with E-state index in [1.165, 1.54) is 23.1 Å². The molecule has 0 fully saturated rings. The molecule has 1 unspecified atom stereocenters. The zero-order chi connectivity index (χ0) is 10.7. The van der Waals surface area contributed by atoms with Crippen molar-refractivity contribution in [1.29, 1.82) is 0 Å². The number of rotatable bonds is 5. The molecule has 0 spiro atoms. The number of nitrogens with one attached hydrogen (secondary N) is 1. The van der Waals surface area contributed by atoms with Gasteiger partial charge >= 0.3 is 0 Å². The summed E-state index contributed by atoms with van der Waals surface area (Å²) in [5, 5.41) is 4.05. The molecule has 0 saturated carbocycles. The molecular formula is C11H27NSi. The molecular weight excluding hydrogens is 174 g/mol. The van der Waals surface area contributed by atoms with Crippen LogP contribution in [0, 0.1) is 5.92 Å². The highest BCUT2D eigenvalue weighted by Gasteiger charge is 2.41. The fraction of sp³-hybridized carbons (Fsp3) is 1.00. The van der Waals surface area contributed by atoms with Gasteiger partial charge in [0, 0.05) is 15.8 Å². The van der Waals surface area contributed by atoms with Crippen molar-refractivity contribution >= 4 is 10.2 Å². The van der Waals surface area contributed by atoms with E-state index in [0.29, 0.717) is 16.5 Å². The highest BCUT2D eigenvalue weighted by Crippen LogP contribution is 2.43. The van der Waals surface area contributed by atoms with Gasteiger partial charge in [-0.05, 0) is 24.4 Å². The Morgan fingerprint density at radius 1 is 1.31 bits per heavy atom. The van der Waals surface area contributed by atoms with Gasteiger partial charge in [-0.2, -0.15) is 0 Å². The van der Waals surface area contributed by atoms with Gasteiger partial charge < -0.3 is 5.32 Å². The second-order valence-electron chi connectivity index (χ2n) is 5.38. The minimum atomic E-state index is 0.341. The lowest BCUT2D eigenvalue weighted by atomic mass is 9.73. The lowest BCUT2D eigenvalue weighted by Crippen LogP contribution is -2.55. The second-order valence-corrected chi connectivity index (χ2v) is 7.88. The summed E-state index contributed by atoms with van der Waals surface area (Å²) in [6, 6.07) is 0. The third-order valence-corrected chi connectivity index (χ3v) is 4.31.